The first-order chi connectivity index (χ1) is 12.0. The highest BCUT2D eigenvalue weighted by Crippen LogP contribution is 2.33. The SMILES string of the molecule is FC(F)(F)c1cccc(N2CCN(c3ccnc4sccc34)CC2)c1. The molecule has 0 spiro atoms. The van der Waals surface area contributed by atoms with E-state index in [2.05, 4.69) is 16.0 Å². The molecule has 0 aliphatic carbocycles. The maximum Gasteiger partial charge on any atom is 0.416 e. The lowest BCUT2D eigenvalue weighted by atomic mass is 10.1. The minimum atomic E-state index is -4.31. The molecule has 2 aromatic heterocycles. The third-order valence-electron chi connectivity index (χ3n) is 4.50. The fraction of sp³-hybridized carbons (Fsp3) is 0.278. The van der Waals surface area contributed by atoms with Crippen molar-refractivity contribution in [3.63, 3.8) is 0 Å². The summed E-state index contributed by atoms with van der Waals surface area (Å²) in [6.07, 6.45) is -2.49. The van der Waals surface area contributed by atoms with Crippen LogP contribution in [0, 0.1) is 0 Å². The lowest BCUT2D eigenvalue weighted by molar-refractivity contribution is -0.137. The van der Waals surface area contributed by atoms with Gasteiger partial charge in [-0.1, -0.05) is 6.07 Å². The molecule has 3 heterocycles. The van der Waals surface area contributed by atoms with Gasteiger partial charge in [-0.2, -0.15) is 13.2 Å². The van der Waals surface area contributed by atoms with Gasteiger partial charge in [0.1, 0.15) is 4.83 Å². The van der Waals surface area contributed by atoms with Gasteiger partial charge in [0.05, 0.1) is 5.56 Å². The van der Waals surface area contributed by atoms with Crippen molar-refractivity contribution in [2.75, 3.05) is 36.0 Å². The molecule has 1 saturated heterocycles. The second-order valence-electron chi connectivity index (χ2n) is 5.99. The summed E-state index contributed by atoms with van der Waals surface area (Å²) in [5.41, 5.74) is 1.18. The van der Waals surface area contributed by atoms with Crippen molar-refractivity contribution in [2.45, 2.75) is 6.18 Å². The minimum Gasteiger partial charge on any atom is -0.368 e. The topological polar surface area (TPSA) is 19.4 Å². The van der Waals surface area contributed by atoms with Crippen LogP contribution in [0.2, 0.25) is 0 Å². The summed E-state index contributed by atoms with van der Waals surface area (Å²) < 4.78 is 38.7. The van der Waals surface area contributed by atoms with Crippen molar-refractivity contribution in [3.8, 4) is 0 Å². The first-order valence-electron chi connectivity index (χ1n) is 8.02. The first-order valence-corrected chi connectivity index (χ1v) is 8.90. The monoisotopic (exact) mass is 363 g/mol. The highest BCUT2D eigenvalue weighted by atomic mass is 32.1. The van der Waals surface area contributed by atoms with Crippen LogP contribution in [-0.4, -0.2) is 31.2 Å². The number of benzene rings is 1. The largest absolute Gasteiger partial charge is 0.416 e. The van der Waals surface area contributed by atoms with Gasteiger partial charge in [-0.15, -0.1) is 11.3 Å². The zero-order valence-electron chi connectivity index (χ0n) is 13.3. The predicted octanol–water partition coefficient (Wildman–Crippen LogP) is 4.64. The van der Waals surface area contributed by atoms with Crippen LogP contribution in [0.5, 0.6) is 0 Å². The lowest BCUT2D eigenvalue weighted by Crippen LogP contribution is -2.46. The molecule has 0 amide bonds. The molecule has 1 aliphatic heterocycles. The number of nitrogens with zero attached hydrogens (tertiary/aromatic N) is 3. The van der Waals surface area contributed by atoms with E-state index in [0.29, 0.717) is 18.8 Å². The summed E-state index contributed by atoms with van der Waals surface area (Å²) in [5, 5.41) is 3.17. The number of halogens is 3. The number of aromatic nitrogens is 1. The quantitative estimate of drug-likeness (QED) is 0.661. The van der Waals surface area contributed by atoms with E-state index in [4.69, 9.17) is 0 Å². The zero-order chi connectivity index (χ0) is 17.4. The van der Waals surface area contributed by atoms with Gasteiger partial charge in [0.2, 0.25) is 0 Å². The molecule has 0 saturated carbocycles. The van der Waals surface area contributed by atoms with Gasteiger partial charge in [0.15, 0.2) is 0 Å². The minimum absolute atomic E-state index is 0.596. The lowest BCUT2D eigenvalue weighted by Gasteiger charge is -2.37. The Morgan fingerprint density at radius 2 is 1.72 bits per heavy atom. The van der Waals surface area contributed by atoms with Crippen LogP contribution < -0.4 is 9.80 Å². The molecule has 1 fully saturated rings. The fourth-order valence-corrected chi connectivity index (χ4v) is 3.98. The Morgan fingerprint density at radius 1 is 0.960 bits per heavy atom. The van der Waals surface area contributed by atoms with Crippen LogP contribution in [-0.2, 0) is 6.18 Å². The van der Waals surface area contributed by atoms with E-state index < -0.39 is 11.7 Å². The molecule has 3 aromatic rings. The van der Waals surface area contributed by atoms with E-state index in [1.54, 1.807) is 17.4 Å². The highest BCUT2D eigenvalue weighted by Gasteiger charge is 2.31. The van der Waals surface area contributed by atoms with Gasteiger partial charge < -0.3 is 9.80 Å². The van der Waals surface area contributed by atoms with Crippen molar-refractivity contribution in [1.29, 1.82) is 0 Å². The summed E-state index contributed by atoms with van der Waals surface area (Å²) in [5.74, 6) is 0. The molecule has 0 radical (unpaired) electrons. The molecule has 1 aliphatic rings. The van der Waals surface area contributed by atoms with Crippen LogP contribution in [0.25, 0.3) is 10.2 Å². The summed E-state index contributed by atoms with van der Waals surface area (Å²) in [6.45, 7) is 2.92. The van der Waals surface area contributed by atoms with Crippen LogP contribution in [0.4, 0.5) is 24.5 Å². The van der Waals surface area contributed by atoms with Gasteiger partial charge in [-0.3, -0.25) is 0 Å². The first kappa shape index (κ1) is 16.2. The normalized spacial score (nSPS) is 15.8. The summed E-state index contributed by atoms with van der Waals surface area (Å²) in [6, 6.07) is 9.65. The molecular weight excluding hydrogens is 347 g/mol. The van der Waals surface area contributed by atoms with E-state index in [-0.39, 0.29) is 0 Å². The number of anilines is 2. The molecule has 0 unspecified atom stereocenters. The molecule has 130 valence electrons. The highest BCUT2D eigenvalue weighted by molar-refractivity contribution is 7.16. The summed E-state index contributed by atoms with van der Waals surface area (Å²) >= 11 is 1.61. The van der Waals surface area contributed by atoms with Crippen LogP contribution in [0.3, 0.4) is 0 Å². The number of thiophene rings is 1. The van der Waals surface area contributed by atoms with Gasteiger partial charge in [-0.05, 0) is 35.7 Å². The van der Waals surface area contributed by atoms with Crippen LogP contribution >= 0.6 is 11.3 Å². The smallest absolute Gasteiger partial charge is 0.368 e. The van der Waals surface area contributed by atoms with Gasteiger partial charge in [-0.25, -0.2) is 4.98 Å². The third kappa shape index (κ3) is 3.16. The van der Waals surface area contributed by atoms with E-state index in [0.717, 1.165) is 35.1 Å². The maximum absolute atomic E-state index is 12.9. The Labute approximate surface area is 147 Å². The van der Waals surface area contributed by atoms with Gasteiger partial charge >= 0.3 is 6.18 Å². The van der Waals surface area contributed by atoms with Crippen molar-refractivity contribution >= 4 is 32.9 Å². The van der Waals surface area contributed by atoms with Crippen LogP contribution in [0.15, 0.2) is 48.0 Å². The second kappa shape index (κ2) is 6.22. The molecule has 0 N–H and O–H groups in total. The number of fused-ring (bicyclic) bond motifs is 1. The molecule has 0 atom stereocenters. The Bertz CT molecular complexity index is 882. The Hall–Kier alpha value is -2.28. The number of rotatable bonds is 2. The Balaban J connectivity index is 1.51. The van der Waals surface area contributed by atoms with Crippen molar-refractivity contribution in [3.05, 3.63) is 53.5 Å². The molecule has 4 rings (SSSR count). The van der Waals surface area contributed by atoms with Gasteiger partial charge in [0, 0.05) is 49.1 Å². The average molecular weight is 363 g/mol. The zero-order valence-corrected chi connectivity index (χ0v) is 14.1. The summed E-state index contributed by atoms with van der Waals surface area (Å²) in [7, 11) is 0. The molecular formula is C18H16F3N3S. The van der Waals surface area contributed by atoms with Crippen molar-refractivity contribution in [1.82, 2.24) is 4.98 Å². The van der Waals surface area contributed by atoms with E-state index in [1.807, 2.05) is 22.5 Å². The third-order valence-corrected chi connectivity index (χ3v) is 5.32. The van der Waals surface area contributed by atoms with E-state index in [9.17, 15) is 13.2 Å². The molecule has 1 aromatic carbocycles. The molecule has 3 nitrogen and oxygen atoms in total. The summed E-state index contributed by atoms with van der Waals surface area (Å²) in [4.78, 5) is 9.67. The molecule has 0 bridgehead atoms. The number of pyridine rings is 1. The average Bonchev–Trinajstić information content (AvgIpc) is 3.10. The predicted molar refractivity (Wildman–Crippen MR) is 95.5 cm³/mol. The Morgan fingerprint density at radius 3 is 2.48 bits per heavy atom. The Kier molecular flexibility index (Phi) is 4.03. The van der Waals surface area contributed by atoms with Crippen molar-refractivity contribution in [2.24, 2.45) is 0 Å². The second-order valence-corrected chi connectivity index (χ2v) is 6.89. The number of hydrogen-bond donors (Lipinski definition) is 0. The standard InChI is InChI=1S/C18H16F3N3S/c19-18(20,21)13-2-1-3-14(12-13)23-7-9-24(10-8-23)16-4-6-22-17-15(16)5-11-25-17/h1-6,11-12H,7-10H2. The van der Waals surface area contributed by atoms with Crippen molar-refractivity contribution < 1.29 is 13.2 Å². The molecule has 25 heavy (non-hydrogen) atoms. The molecule has 7 heteroatoms. The van der Waals surface area contributed by atoms with Crippen LogP contribution in [0.1, 0.15) is 5.56 Å². The fourth-order valence-electron chi connectivity index (χ4n) is 3.22. The number of alkyl halides is 3. The number of piperazine rings is 1. The van der Waals surface area contributed by atoms with E-state index >= 15 is 0 Å². The maximum atomic E-state index is 12.9. The number of hydrogen-bond acceptors (Lipinski definition) is 4. The van der Waals surface area contributed by atoms with E-state index in [1.165, 1.54) is 12.1 Å². The van der Waals surface area contributed by atoms with Gasteiger partial charge in [0.25, 0.3) is 0 Å².